The number of aliphatic hydroxyl groups is 1. The van der Waals surface area contributed by atoms with Crippen molar-refractivity contribution in [1.29, 1.82) is 0 Å². The van der Waals surface area contributed by atoms with Gasteiger partial charge >= 0.3 is 0 Å². The summed E-state index contributed by atoms with van der Waals surface area (Å²) in [5, 5.41) is 14.0. The van der Waals surface area contributed by atoms with Crippen LogP contribution in [0.1, 0.15) is 37.6 Å². The van der Waals surface area contributed by atoms with E-state index in [1.807, 2.05) is 24.7 Å². The Kier molecular flexibility index (Phi) is 4.14. The molecule has 14 heavy (non-hydrogen) atoms. The van der Waals surface area contributed by atoms with Crippen LogP contribution in [-0.2, 0) is 13.5 Å². The molecule has 0 fully saturated rings. The van der Waals surface area contributed by atoms with Gasteiger partial charge in [0, 0.05) is 19.2 Å². The molecule has 3 nitrogen and oxygen atoms in total. The lowest BCUT2D eigenvalue weighted by Crippen LogP contribution is -2.12. The van der Waals surface area contributed by atoms with Gasteiger partial charge in [-0.1, -0.05) is 19.8 Å². The fourth-order valence-electron chi connectivity index (χ4n) is 1.64. The highest BCUT2D eigenvalue weighted by Gasteiger charge is 2.08. The second kappa shape index (κ2) is 5.15. The zero-order valence-electron chi connectivity index (χ0n) is 9.32. The molecule has 1 unspecified atom stereocenters. The quantitative estimate of drug-likeness (QED) is 0.780. The molecule has 0 aromatic carbocycles. The van der Waals surface area contributed by atoms with Crippen molar-refractivity contribution in [3.8, 4) is 0 Å². The molecular weight excluding hydrogens is 176 g/mol. The lowest BCUT2D eigenvalue weighted by molar-refractivity contribution is 0.159. The molecule has 0 bridgehead atoms. The third kappa shape index (κ3) is 3.14. The molecular formula is C11H20N2O. The number of aryl methyl sites for hydroxylation is 2. The minimum absolute atomic E-state index is 0.218. The fraction of sp³-hybridized carbons (Fsp3) is 0.727. The second-order valence-electron chi connectivity index (χ2n) is 3.90. The first-order chi connectivity index (χ1) is 6.63. The molecule has 0 aliphatic heterocycles. The smallest absolute Gasteiger partial charge is 0.0596 e. The van der Waals surface area contributed by atoms with E-state index < -0.39 is 0 Å². The molecule has 0 saturated heterocycles. The van der Waals surface area contributed by atoms with E-state index in [0.717, 1.165) is 37.1 Å². The molecule has 0 spiro atoms. The van der Waals surface area contributed by atoms with Crippen molar-refractivity contribution >= 4 is 0 Å². The van der Waals surface area contributed by atoms with Crippen LogP contribution in [0.3, 0.4) is 0 Å². The van der Waals surface area contributed by atoms with Gasteiger partial charge in [-0.3, -0.25) is 4.68 Å². The number of hydrogen-bond acceptors (Lipinski definition) is 2. The molecule has 3 heteroatoms. The highest BCUT2D eigenvalue weighted by Crippen LogP contribution is 2.09. The number of nitrogens with zero attached hydrogens (tertiary/aromatic N) is 2. The van der Waals surface area contributed by atoms with Crippen LogP contribution in [0.4, 0.5) is 0 Å². The third-order valence-electron chi connectivity index (χ3n) is 2.43. The number of aliphatic hydroxyl groups excluding tert-OH is 1. The maximum absolute atomic E-state index is 9.73. The summed E-state index contributed by atoms with van der Waals surface area (Å²) in [6.07, 6.45) is 3.63. The SMILES string of the molecule is CCCCC(O)Cc1cc(C)nn1C. The van der Waals surface area contributed by atoms with Crippen molar-refractivity contribution in [2.75, 3.05) is 0 Å². The number of hydrogen-bond donors (Lipinski definition) is 1. The van der Waals surface area contributed by atoms with Gasteiger partial charge in [0.15, 0.2) is 0 Å². The molecule has 1 heterocycles. The van der Waals surface area contributed by atoms with E-state index in [0.29, 0.717) is 0 Å². The number of unbranched alkanes of at least 4 members (excludes halogenated alkanes) is 1. The molecule has 0 amide bonds. The van der Waals surface area contributed by atoms with E-state index in [1.54, 1.807) is 0 Å². The molecule has 80 valence electrons. The maximum Gasteiger partial charge on any atom is 0.0596 e. The fourth-order valence-corrected chi connectivity index (χ4v) is 1.64. The topological polar surface area (TPSA) is 38.1 Å². The standard InChI is InChI=1S/C11H20N2O/c1-4-5-6-11(14)8-10-7-9(2)12-13(10)3/h7,11,14H,4-6,8H2,1-3H3. The summed E-state index contributed by atoms with van der Waals surface area (Å²) in [7, 11) is 1.93. The van der Waals surface area contributed by atoms with Gasteiger partial charge in [0.05, 0.1) is 11.8 Å². The summed E-state index contributed by atoms with van der Waals surface area (Å²) in [4.78, 5) is 0. The van der Waals surface area contributed by atoms with Gasteiger partial charge in [-0.2, -0.15) is 5.10 Å². The Balaban J connectivity index is 2.47. The van der Waals surface area contributed by atoms with Gasteiger partial charge in [-0.15, -0.1) is 0 Å². The second-order valence-corrected chi connectivity index (χ2v) is 3.90. The maximum atomic E-state index is 9.73. The monoisotopic (exact) mass is 196 g/mol. The van der Waals surface area contributed by atoms with Gasteiger partial charge in [-0.05, 0) is 19.4 Å². The Morgan fingerprint density at radius 1 is 1.57 bits per heavy atom. The van der Waals surface area contributed by atoms with Gasteiger partial charge in [0.2, 0.25) is 0 Å². The Morgan fingerprint density at radius 3 is 2.79 bits per heavy atom. The van der Waals surface area contributed by atoms with Crippen LogP contribution in [-0.4, -0.2) is 21.0 Å². The Hall–Kier alpha value is -0.830. The molecule has 0 saturated carbocycles. The van der Waals surface area contributed by atoms with E-state index in [4.69, 9.17) is 0 Å². The van der Waals surface area contributed by atoms with E-state index in [1.165, 1.54) is 0 Å². The number of rotatable bonds is 5. The van der Waals surface area contributed by atoms with E-state index >= 15 is 0 Å². The van der Waals surface area contributed by atoms with Crippen molar-refractivity contribution in [2.24, 2.45) is 7.05 Å². The van der Waals surface area contributed by atoms with Crippen LogP contribution in [0.2, 0.25) is 0 Å². The molecule has 0 aliphatic carbocycles. The molecule has 1 aromatic rings. The Morgan fingerprint density at radius 2 is 2.29 bits per heavy atom. The largest absolute Gasteiger partial charge is 0.393 e. The minimum atomic E-state index is -0.218. The summed E-state index contributed by atoms with van der Waals surface area (Å²) in [6.45, 7) is 4.11. The van der Waals surface area contributed by atoms with E-state index in [2.05, 4.69) is 12.0 Å². The summed E-state index contributed by atoms with van der Waals surface area (Å²) in [6, 6.07) is 2.04. The van der Waals surface area contributed by atoms with E-state index in [-0.39, 0.29) is 6.10 Å². The average molecular weight is 196 g/mol. The zero-order valence-corrected chi connectivity index (χ0v) is 9.32. The lowest BCUT2D eigenvalue weighted by Gasteiger charge is -2.09. The van der Waals surface area contributed by atoms with Crippen molar-refractivity contribution < 1.29 is 5.11 Å². The average Bonchev–Trinajstić information content (AvgIpc) is 2.42. The summed E-state index contributed by atoms with van der Waals surface area (Å²) < 4.78 is 1.85. The summed E-state index contributed by atoms with van der Waals surface area (Å²) in [5.74, 6) is 0. The Labute approximate surface area is 85.8 Å². The van der Waals surface area contributed by atoms with Crippen LogP contribution in [0.25, 0.3) is 0 Å². The number of aromatic nitrogens is 2. The van der Waals surface area contributed by atoms with Gasteiger partial charge in [0.1, 0.15) is 0 Å². The summed E-state index contributed by atoms with van der Waals surface area (Å²) in [5.41, 5.74) is 2.14. The molecule has 0 radical (unpaired) electrons. The normalized spacial score (nSPS) is 13.1. The summed E-state index contributed by atoms with van der Waals surface area (Å²) >= 11 is 0. The third-order valence-corrected chi connectivity index (χ3v) is 2.43. The van der Waals surface area contributed by atoms with Crippen molar-refractivity contribution in [3.05, 3.63) is 17.5 Å². The van der Waals surface area contributed by atoms with Gasteiger partial charge in [-0.25, -0.2) is 0 Å². The Bertz CT molecular complexity index is 281. The van der Waals surface area contributed by atoms with Crippen molar-refractivity contribution in [1.82, 2.24) is 9.78 Å². The first kappa shape index (κ1) is 11.2. The first-order valence-corrected chi connectivity index (χ1v) is 5.31. The predicted octanol–water partition coefficient (Wildman–Crippen LogP) is 1.82. The predicted molar refractivity (Wildman–Crippen MR) is 57.2 cm³/mol. The van der Waals surface area contributed by atoms with Crippen LogP contribution in [0, 0.1) is 6.92 Å². The highest BCUT2D eigenvalue weighted by atomic mass is 16.3. The molecule has 0 aliphatic rings. The van der Waals surface area contributed by atoms with Crippen LogP contribution in [0.15, 0.2) is 6.07 Å². The minimum Gasteiger partial charge on any atom is -0.393 e. The van der Waals surface area contributed by atoms with Crippen LogP contribution >= 0.6 is 0 Å². The van der Waals surface area contributed by atoms with Crippen molar-refractivity contribution in [2.45, 2.75) is 45.6 Å². The first-order valence-electron chi connectivity index (χ1n) is 5.31. The molecule has 1 aromatic heterocycles. The molecule has 1 rings (SSSR count). The van der Waals surface area contributed by atoms with E-state index in [9.17, 15) is 5.11 Å². The highest BCUT2D eigenvalue weighted by molar-refractivity contribution is 5.09. The van der Waals surface area contributed by atoms with Crippen molar-refractivity contribution in [3.63, 3.8) is 0 Å². The van der Waals surface area contributed by atoms with Crippen LogP contribution in [0.5, 0.6) is 0 Å². The van der Waals surface area contributed by atoms with Crippen LogP contribution < -0.4 is 0 Å². The molecule has 1 N–H and O–H groups in total. The molecule has 1 atom stereocenters. The zero-order chi connectivity index (χ0) is 10.6. The van der Waals surface area contributed by atoms with Gasteiger partial charge < -0.3 is 5.11 Å². The lowest BCUT2D eigenvalue weighted by atomic mass is 10.1. The van der Waals surface area contributed by atoms with Gasteiger partial charge in [0.25, 0.3) is 0 Å².